The molecule has 5 nitrogen and oxygen atoms in total. The van der Waals surface area contributed by atoms with Crippen molar-refractivity contribution in [2.24, 2.45) is 11.8 Å². The van der Waals surface area contributed by atoms with Gasteiger partial charge in [-0.3, -0.25) is 9.59 Å². The maximum Gasteiger partial charge on any atom is 0.307 e. The molecule has 1 fully saturated rings. The molecule has 1 rings (SSSR count). The van der Waals surface area contributed by atoms with Crippen molar-refractivity contribution in [3.63, 3.8) is 0 Å². The van der Waals surface area contributed by atoms with E-state index in [2.05, 4.69) is 17.6 Å². The summed E-state index contributed by atoms with van der Waals surface area (Å²) in [5.74, 6) is 0.783. The Morgan fingerprint density at radius 3 is 2.30 bits per heavy atom. The van der Waals surface area contributed by atoms with E-state index in [-0.39, 0.29) is 30.7 Å². The fourth-order valence-electron chi connectivity index (χ4n) is 3.29. The molecule has 1 amide bonds. The number of rotatable bonds is 8. The minimum Gasteiger partial charge on any atom is -0.469 e. The second-order valence-corrected chi connectivity index (χ2v) is 6.56. The van der Waals surface area contributed by atoms with Crippen molar-refractivity contribution in [3.8, 4) is 0 Å². The van der Waals surface area contributed by atoms with Crippen LogP contribution in [-0.2, 0) is 14.3 Å². The summed E-state index contributed by atoms with van der Waals surface area (Å²) in [6.45, 7) is 8.26. The molecule has 1 saturated heterocycles. The lowest BCUT2D eigenvalue weighted by Gasteiger charge is -2.33. The predicted molar refractivity (Wildman–Crippen MR) is 94.7 cm³/mol. The summed E-state index contributed by atoms with van der Waals surface area (Å²) in [5, 5.41) is 6.47. The number of hydrogen-bond donors (Lipinski definition) is 2. The van der Waals surface area contributed by atoms with Crippen LogP contribution in [0, 0.1) is 11.8 Å². The smallest absolute Gasteiger partial charge is 0.307 e. The van der Waals surface area contributed by atoms with Gasteiger partial charge in [0.25, 0.3) is 0 Å². The molecule has 0 aromatic heterocycles. The van der Waals surface area contributed by atoms with Crippen LogP contribution in [0.2, 0.25) is 0 Å². The third kappa shape index (κ3) is 7.08. The number of halogens is 1. The van der Waals surface area contributed by atoms with Crippen LogP contribution < -0.4 is 10.6 Å². The third-order valence-corrected chi connectivity index (χ3v) is 5.16. The average Bonchev–Trinajstić information content (AvgIpc) is 2.54. The first-order valence-corrected chi connectivity index (χ1v) is 8.55. The van der Waals surface area contributed by atoms with Crippen molar-refractivity contribution in [2.45, 2.75) is 64.8 Å². The number of piperidine rings is 1. The topological polar surface area (TPSA) is 67.4 Å². The molecule has 1 aliphatic heterocycles. The first kappa shape index (κ1) is 22.2. The normalized spacial score (nSPS) is 17.0. The minimum atomic E-state index is -0.474. The SMILES string of the molecule is CCC(CC)(CC(=O)OC)NC(=O)CC(C)C1CCNCC1.Cl. The van der Waals surface area contributed by atoms with E-state index in [1.807, 2.05) is 13.8 Å². The molecular formula is C17H33ClN2O3. The molecule has 1 aliphatic rings. The van der Waals surface area contributed by atoms with E-state index in [9.17, 15) is 9.59 Å². The second kappa shape index (κ2) is 10.9. The Labute approximate surface area is 146 Å². The molecule has 1 atom stereocenters. The molecular weight excluding hydrogens is 316 g/mol. The van der Waals surface area contributed by atoms with Crippen LogP contribution in [0.1, 0.15) is 59.3 Å². The standard InChI is InChI=1S/C17H32N2O3.ClH/c1-5-17(6-2,12-16(21)22-4)19-15(20)11-13(3)14-7-9-18-10-8-14;/h13-14,18H,5-12H2,1-4H3,(H,19,20);1H. The van der Waals surface area contributed by atoms with Gasteiger partial charge in [-0.15, -0.1) is 12.4 Å². The van der Waals surface area contributed by atoms with Crippen molar-refractivity contribution in [1.29, 1.82) is 0 Å². The summed E-state index contributed by atoms with van der Waals surface area (Å²) in [6.07, 6.45) is 4.52. The minimum absolute atomic E-state index is 0. The maximum absolute atomic E-state index is 12.4. The summed E-state index contributed by atoms with van der Waals surface area (Å²) in [4.78, 5) is 24.0. The molecule has 1 unspecified atom stereocenters. The van der Waals surface area contributed by atoms with E-state index < -0.39 is 5.54 Å². The second-order valence-electron chi connectivity index (χ2n) is 6.56. The van der Waals surface area contributed by atoms with Gasteiger partial charge in [-0.1, -0.05) is 20.8 Å². The third-order valence-electron chi connectivity index (χ3n) is 5.16. The maximum atomic E-state index is 12.4. The van der Waals surface area contributed by atoms with E-state index >= 15 is 0 Å². The van der Waals surface area contributed by atoms with Gasteiger partial charge in [0.1, 0.15) is 0 Å². The number of hydrogen-bond acceptors (Lipinski definition) is 4. The molecule has 0 aromatic carbocycles. The molecule has 0 bridgehead atoms. The van der Waals surface area contributed by atoms with Gasteiger partial charge in [0.05, 0.1) is 13.5 Å². The van der Waals surface area contributed by atoms with Crippen molar-refractivity contribution in [3.05, 3.63) is 0 Å². The zero-order valence-electron chi connectivity index (χ0n) is 14.9. The van der Waals surface area contributed by atoms with Gasteiger partial charge in [0.2, 0.25) is 5.91 Å². The molecule has 0 aromatic rings. The highest BCUT2D eigenvalue weighted by Crippen LogP contribution is 2.26. The monoisotopic (exact) mass is 348 g/mol. The summed E-state index contributed by atoms with van der Waals surface area (Å²) in [7, 11) is 1.39. The van der Waals surface area contributed by atoms with Crippen LogP contribution in [-0.4, -0.2) is 37.6 Å². The van der Waals surface area contributed by atoms with Crippen LogP contribution in [0.15, 0.2) is 0 Å². The molecule has 0 radical (unpaired) electrons. The van der Waals surface area contributed by atoms with Crippen LogP contribution in [0.5, 0.6) is 0 Å². The van der Waals surface area contributed by atoms with E-state index in [0.29, 0.717) is 18.3 Å². The Kier molecular flexibility index (Phi) is 10.5. The summed E-state index contributed by atoms with van der Waals surface area (Å²) in [6, 6.07) is 0. The number of nitrogens with one attached hydrogen (secondary N) is 2. The van der Waals surface area contributed by atoms with Gasteiger partial charge in [-0.05, 0) is 50.6 Å². The van der Waals surface area contributed by atoms with Gasteiger partial charge < -0.3 is 15.4 Å². The Bertz CT molecular complexity index is 367. The van der Waals surface area contributed by atoms with Crippen molar-refractivity contribution in [2.75, 3.05) is 20.2 Å². The number of esters is 1. The zero-order chi connectivity index (χ0) is 16.6. The summed E-state index contributed by atoms with van der Waals surface area (Å²) >= 11 is 0. The molecule has 2 N–H and O–H groups in total. The number of amides is 1. The van der Waals surface area contributed by atoms with Crippen LogP contribution in [0.4, 0.5) is 0 Å². The van der Waals surface area contributed by atoms with Crippen molar-refractivity contribution >= 4 is 24.3 Å². The zero-order valence-corrected chi connectivity index (χ0v) is 15.8. The van der Waals surface area contributed by atoms with E-state index in [1.165, 1.54) is 7.11 Å². The molecule has 6 heteroatoms. The highest BCUT2D eigenvalue weighted by molar-refractivity contribution is 5.85. The van der Waals surface area contributed by atoms with Crippen LogP contribution in [0.3, 0.4) is 0 Å². The van der Waals surface area contributed by atoms with Gasteiger partial charge >= 0.3 is 5.97 Å². The highest BCUT2D eigenvalue weighted by Gasteiger charge is 2.32. The van der Waals surface area contributed by atoms with Gasteiger partial charge in [0, 0.05) is 12.0 Å². The van der Waals surface area contributed by atoms with Gasteiger partial charge in [-0.25, -0.2) is 0 Å². The average molecular weight is 349 g/mol. The number of carbonyl (C=O) groups excluding carboxylic acids is 2. The van der Waals surface area contributed by atoms with Crippen LogP contribution in [0.25, 0.3) is 0 Å². The fourth-order valence-corrected chi connectivity index (χ4v) is 3.29. The number of ether oxygens (including phenoxy) is 1. The fraction of sp³-hybridized carbons (Fsp3) is 0.882. The summed E-state index contributed by atoms with van der Waals surface area (Å²) < 4.78 is 4.77. The summed E-state index contributed by atoms with van der Waals surface area (Å²) in [5.41, 5.74) is -0.474. The quantitative estimate of drug-likeness (QED) is 0.662. The molecule has 136 valence electrons. The Morgan fingerprint density at radius 2 is 1.83 bits per heavy atom. The highest BCUT2D eigenvalue weighted by atomic mass is 35.5. The van der Waals surface area contributed by atoms with Gasteiger partial charge in [-0.2, -0.15) is 0 Å². The Balaban J connectivity index is 0.00000484. The van der Waals surface area contributed by atoms with E-state index in [0.717, 1.165) is 38.8 Å². The van der Waals surface area contributed by atoms with Gasteiger partial charge in [0.15, 0.2) is 0 Å². The molecule has 0 spiro atoms. The molecule has 23 heavy (non-hydrogen) atoms. The lowest BCUT2D eigenvalue weighted by atomic mass is 9.83. The number of methoxy groups -OCH3 is 1. The van der Waals surface area contributed by atoms with E-state index in [1.54, 1.807) is 0 Å². The Morgan fingerprint density at radius 1 is 1.26 bits per heavy atom. The van der Waals surface area contributed by atoms with Crippen LogP contribution >= 0.6 is 12.4 Å². The van der Waals surface area contributed by atoms with Crippen molar-refractivity contribution < 1.29 is 14.3 Å². The lowest BCUT2D eigenvalue weighted by molar-refractivity contribution is -0.143. The lowest BCUT2D eigenvalue weighted by Crippen LogP contribution is -2.49. The number of carbonyl (C=O) groups is 2. The molecule has 0 aliphatic carbocycles. The first-order valence-electron chi connectivity index (χ1n) is 8.55. The molecule has 1 heterocycles. The molecule has 0 saturated carbocycles. The Hall–Kier alpha value is -0.810. The largest absolute Gasteiger partial charge is 0.469 e. The first-order chi connectivity index (χ1) is 10.5. The van der Waals surface area contributed by atoms with E-state index in [4.69, 9.17) is 4.74 Å². The van der Waals surface area contributed by atoms with Crippen molar-refractivity contribution in [1.82, 2.24) is 10.6 Å². The predicted octanol–water partition coefficient (Wildman–Crippen LogP) is 2.67.